The molecule has 124 valence electrons. The zero-order chi connectivity index (χ0) is 13.4. The standard InChI is InChI=1S/2C8H17N.2ClH/c2*1-7-3-5-8(9-2)6-4-7;;/h2*7-9H,3-6H2,1-2H3;2*1H. The minimum atomic E-state index is 0. The van der Waals surface area contributed by atoms with Crippen LogP contribution < -0.4 is 10.6 Å². The molecule has 0 amide bonds. The maximum atomic E-state index is 3.32. The van der Waals surface area contributed by atoms with Gasteiger partial charge in [-0.15, -0.1) is 24.8 Å². The van der Waals surface area contributed by atoms with Crippen LogP contribution in [0.2, 0.25) is 0 Å². The molecule has 0 aromatic heterocycles. The lowest BCUT2D eigenvalue weighted by Gasteiger charge is -2.25. The third-order valence-electron chi connectivity index (χ3n) is 4.85. The summed E-state index contributed by atoms with van der Waals surface area (Å²) in [6.45, 7) is 4.71. The molecule has 2 aliphatic carbocycles. The van der Waals surface area contributed by atoms with Gasteiger partial charge in [0.05, 0.1) is 0 Å². The Hall–Kier alpha value is 0.500. The van der Waals surface area contributed by atoms with Gasteiger partial charge in [0.1, 0.15) is 0 Å². The van der Waals surface area contributed by atoms with Crippen molar-refractivity contribution in [3.05, 3.63) is 0 Å². The maximum Gasteiger partial charge on any atom is 0.00642 e. The van der Waals surface area contributed by atoms with Crippen molar-refractivity contribution < 1.29 is 0 Å². The third-order valence-corrected chi connectivity index (χ3v) is 4.85. The molecule has 0 heterocycles. The second-order valence-corrected chi connectivity index (χ2v) is 6.49. The van der Waals surface area contributed by atoms with Crippen LogP contribution in [0.1, 0.15) is 65.2 Å². The first-order chi connectivity index (χ1) is 8.65. The van der Waals surface area contributed by atoms with Gasteiger partial charge in [0, 0.05) is 12.1 Å². The van der Waals surface area contributed by atoms with E-state index in [0.717, 1.165) is 23.9 Å². The summed E-state index contributed by atoms with van der Waals surface area (Å²) in [6.07, 6.45) is 11.2. The fraction of sp³-hybridized carbons (Fsp3) is 1.00. The van der Waals surface area contributed by atoms with Crippen molar-refractivity contribution in [1.82, 2.24) is 10.6 Å². The largest absolute Gasteiger partial charge is 0.317 e. The molecule has 0 aliphatic heterocycles. The Labute approximate surface area is 139 Å². The Kier molecular flexibility index (Phi) is 15.0. The van der Waals surface area contributed by atoms with Gasteiger partial charge in [-0.3, -0.25) is 0 Å². The molecule has 4 heteroatoms. The monoisotopic (exact) mass is 326 g/mol. The van der Waals surface area contributed by atoms with Gasteiger partial charge in [0.15, 0.2) is 0 Å². The van der Waals surface area contributed by atoms with Crippen molar-refractivity contribution in [2.45, 2.75) is 77.3 Å². The number of hydrogen-bond acceptors (Lipinski definition) is 2. The predicted octanol–water partition coefficient (Wildman–Crippen LogP) is 4.41. The molecule has 2 aliphatic rings. The lowest BCUT2D eigenvalue weighted by atomic mass is 9.87. The zero-order valence-electron chi connectivity index (χ0n) is 13.8. The summed E-state index contributed by atoms with van der Waals surface area (Å²) in [5.41, 5.74) is 0. The quantitative estimate of drug-likeness (QED) is 0.785. The van der Waals surface area contributed by atoms with E-state index in [1.54, 1.807) is 0 Å². The first kappa shape index (κ1) is 22.8. The summed E-state index contributed by atoms with van der Waals surface area (Å²) in [5.74, 6) is 1.96. The Morgan fingerprint density at radius 2 is 0.800 bits per heavy atom. The van der Waals surface area contributed by atoms with E-state index in [9.17, 15) is 0 Å². The summed E-state index contributed by atoms with van der Waals surface area (Å²) < 4.78 is 0. The fourth-order valence-corrected chi connectivity index (χ4v) is 3.10. The molecule has 0 spiro atoms. The summed E-state index contributed by atoms with van der Waals surface area (Å²) in [6, 6.07) is 1.64. The van der Waals surface area contributed by atoms with E-state index in [1.807, 2.05) is 0 Å². The Morgan fingerprint density at radius 3 is 1.00 bits per heavy atom. The van der Waals surface area contributed by atoms with E-state index in [2.05, 4.69) is 38.6 Å². The molecule has 20 heavy (non-hydrogen) atoms. The summed E-state index contributed by atoms with van der Waals surface area (Å²) >= 11 is 0. The van der Waals surface area contributed by atoms with Gasteiger partial charge in [-0.2, -0.15) is 0 Å². The molecular formula is C16H36Cl2N2. The van der Waals surface area contributed by atoms with Crippen LogP contribution in [0.15, 0.2) is 0 Å². The maximum absolute atomic E-state index is 3.32. The molecule has 0 atom stereocenters. The Morgan fingerprint density at radius 1 is 0.550 bits per heavy atom. The molecule has 2 fully saturated rings. The van der Waals surface area contributed by atoms with E-state index in [-0.39, 0.29) is 24.8 Å². The highest BCUT2D eigenvalue weighted by atomic mass is 35.5. The number of rotatable bonds is 2. The van der Waals surface area contributed by atoms with E-state index in [1.165, 1.54) is 51.4 Å². The van der Waals surface area contributed by atoms with Crippen molar-refractivity contribution in [2.75, 3.05) is 14.1 Å². The fourth-order valence-electron chi connectivity index (χ4n) is 3.10. The van der Waals surface area contributed by atoms with Crippen LogP contribution in [0.4, 0.5) is 0 Å². The second kappa shape index (κ2) is 13.2. The topological polar surface area (TPSA) is 24.1 Å². The average Bonchev–Trinajstić information content (AvgIpc) is 2.41. The van der Waals surface area contributed by atoms with E-state index in [0.29, 0.717) is 0 Å². The first-order valence-electron chi connectivity index (χ1n) is 8.00. The normalized spacial score (nSPS) is 33.0. The summed E-state index contributed by atoms with van der Waals surface area (Å²) in [4.78, 5) is 0. The number of nitrogens with one attached hydrogen (secondary N) is 2. The molecule has 0 unspecified atom stereocenters. The van der Waals surface area contributed by atoms with Crippen LogP contribution in [0, 0.1) is 11.8 Å². The average molecular weight is 327 g/mol. The van der Waals surface area contributed by atoms with Crippen LogP contribution in [-0.2, 0) is 0 Å². The van der Waals surface area contributed by atoms with Gasteiger partial charge in [0.25, 0.3) is 0 Å². The highest BCUT2D eigenvalue weighted by molar-refractivity contribution is 5.85. The van der Waals surface area contributed by atoms with Gasteiger partial charge in [-0.25, -0.2) is 0 Å². The molecular weight excluding hydrogens is 291 g/mol. The highest BCUT2D eigenvalue weighted by Gasteiger charge is 2.16. The van der Waals surface area contributed by atoms with Gasteiger partial charge >= 0.3 is 0 Å². The molecule has 0 saturated heterocycles. The van der Waals surface area contributed by atoms with Crippen LogP contribution >= 0.6 is 24.8 Å². The summed E-state index contributed by atoms with van der Waals surface area (Å²) in [7, 11) is 4.14. The molecule has 0 radical (unpaired) electrons. The van der Waals surface area contributed by atoms with Crippen LogP contribution in [0.3, 0.4) is 0 Å². The molecule has 2 rings (SSSR count). The second-order valence-electron chi connectivity index (χ2n) is 6.49. The first-order valence-corrected chi connectivity index (χ1v) is 8.00. The Balaban J connectivity index is 0. The third kappa shape index (κ3) is 9.44. The SMILES string of the molecule is CNC1CCC(C)CC1.CNC1CCC(C)CC1.Cl.Cl. The predicted molar refractivity (Wildman–Crippen MR) is 95.5 cm³/mol. The summed E-state index contributed by atoms with van der Waals surface area (Å²) in [5, 5.41) is 6.65. The van der Waals surface area contributed by atoms with E-state index >= 15 is 0 Å². The van der Waals surface area contributed by atoms with Crippen LogP contribution in [0.5, 0.6) is 0 Å². The molecule has 2 saturated carbocycles. The van der Waals surface area contributed by atoms with Gasteiger partial charge in [0.2, 0.25) is 0 Å². The van der Waals surface area contributed by atoms with Gasteiger partial charge < -0.3 is 10.6 Å². The smallest absolute Gasteiger partial charge is 0.00642 e. The van der Waals surface area contributed by atoms with Gasteiger partial charge in [-0.05, 0) is 77.3 Å². The molecule has 0 aromatic rings. The van der Waals surface area contributed by atoms with Crippen molar-refractivity contribution in [2.24, 2.45) is 11.8 Å². The lowest BCUT2D eigenvalue weighted by molar-refractivity contribution is 0.319. The van der Waals surface area contributed by atoms with E-state index < -0.39 is 0 Å². The number of hydrogen-bond donors (Lipinski definition) is 2. The van der Waals surface area contributed by atoms with E-state index in [4.69, 9.17) is 0 Å². The minimum absolute atomic E-state index is 0. The molecule has 2 nitrogen and oxygen atoms in total. The number of halogens is 2. The Bertz CT molecular complexity index is 177. The van der Waals surface area contributed by atoms with Crippen molar-refractivity contribution in [1.29, 1.82) is 0 Å². The van der Waals surface area contributed by atoms with Crippen molar-refractivity contribution in [3.8, 4) is 0 Å². The van der Waals surface area contributed by atoms with Crippen LogP contribution in [-0.4, -0.2) is 26.2 Å². The zero-order valence-corrected chi connectivity index (χ0v) is 15.4. The molecule has 0 bridgehead atoms. The van der Waals surface area contributed by atoms with Crippen molar-refractivity contribution in [3.63, 3.8) is 0 Å². The van der Waals surface area contributed by atoms with Crippen LogP contribution in [0.25, 0.3) is 0 Å². The van der Waals surface area contributed by atoms with Crippen molar-refractivity contribution >= 4 is 24.8 Å². The highest BCUT2D eigenvalue weighted by Crippen LogP contribution is 2.23. The minimum Gasteiger partial charge on any atom is -0.317 e. The lowest BCUT2D eigenvalue weighted by Crippen LogP contribution is -2.29. The van der Waals surface area contributed by atoms with Gasteiger partial charge in [-0.1, -0.05) is 13.8 Å². The molecule has 2 N–H and O–H groups in total. The molecule has 0 aromatic carbocycles.